The normalized spacial score (nSPS) is 11.2. The number of carbonyl (C=O) groups is 1. The van der Waals surface area contributed by atoms with Crippen molar-refractivity contribution in [2.45, 2.75) is 45.6 Å². The molecule has 0 aliphatic carbocycles. The van der Waals surface area contributed by atoms with Crippen molar-refractivity contribution in [2.75, 3.05) is 5.43 Å². The average molecular weight is 285 g/mol. The van der Waals surface area contributed by atoms with Gasteiger partial charge in [0.1, 0.15) is 11.5 Å². The highest BCUT2D eigenvalue weighted by Crippen LogP contribution is 2.22. The van der Waals surface area contributed by atoms with Crippen molar-refractivity contribution in [1.29, 1.82) is 0 Å². The highest BCUT2D eigenvalue weighted by Gasteiger charge is 2.27. The molecule has 0 fully saturated rings. The SMILES string of the molecule is CCC(CC)(CC)NC(=O)c1nc(NN)ccc1Cl. The van der Waals surface area contributed by atoms with Crippen molar-refractivity contribution < 1.29 is 4.79 Å². The number of hydrogen-bond acceptors (Lipinski definition) is 4. The van der Waals surface area contributed by atoms with Crippen molar-refractivity contribution in [3.8, 4) is 0 Å². The maximum absolute atomic E-state index is 12.3. The van der Waals surface area contributed by atoms with Crippen LogP contribution < -0.4 is 16.6 Å². The fourth-order valence-electron chi connectivity index (χ4n) is 2.00. The molecule has 0 aliphatic heterocycles. The number of rotatable bonds is 6. The Morgan fingerprint density at radius 3 is 2.37 bits per heavy atom. The number of amides is 1. The second-order valence-electron chi connectivity index (χ2n) is 4.47. The molecule has 0 saturated heterocycles. The molecule has 1 heterocycles. The third kappa shape index (κ3) is 3.58. The molecule has 106 valence electrons. The van der Waals surface area contributed by atoms with Crippen LogP contribution in [0, 0.1) is 0 Å². The van der Waals surface area contributed by atoms with E-state index in [-0.39, 0.29) is 17.1 Å². The number of nitrogen functional groups attached to an aromatic ring is 1. The van der Waals surface area contributed by atoms with Gasteiger partial charge >= 0.3 is 0 Å². The van der Waals surface area contributed by atoms with E-state index in [1.807, 2.05) is 0 Å². The van der Waals surface area contributed by atoms with E-state index in [0.29, 0.717) is 10.8 Å². The first-order valence-electron chi connectivity index (χ1n) is 6.47. The summed E-state index contributed by atoms with van der Waals surface area (Å²) in [5, 5.41) is 3.35. The molecular weight excluding hydrogens is 264 g/mol. The Morgan fingerprint density at radius 2 is 1.89 bits per heavy atom. The smallest absolute Gasteiger partial charge is 0.271 e. The number of nitrogens with zero attached hydrogens (tertiary/aromatic N) is 1. The van der Waals surface area contributed by atoms with Crippen LogP contribution >= 0.6 is 11.6 Å². The standard InChI is InChI=1S/C13H21ClN4O/c1-4-13(5-2,6-3)17-12(19)11-9(14)7-8-10(16-11)18-15/h7-8H,4-6,15H2,1-3H3,(H,16,18)(H,17,19). The summed E-state index contributed by atoms with van der Waals surface area (Å²) in [5.41, 5.74) is 2.38. The molecule has 0 aliphatic rings. The van der Waals surface area contributed by atoms with Crippen LogP contribution in [0.3, 0.4) is 0 Å². The summed E-state index contributed by atoms with van der Waals surface area (Å²) in [6, 6.07) is 3.22. The predicted octanol–water partition coefficient (Wildman–Crippen LogP) is 2.72. The fraction of sp³-hybridized carbons (Fsp3) is 0.538. The Morgan fingerprint density at radius 1 is 1.32 bits per heavy atom. The number of pyridine rings is 1. The van der Waals surface area contributed by atoms with Gasteiger partial charge in [-0.3, -0.25) is 4.79 Å². The Kier molecular flexibility index (Phi) is 5.57. The molecule has 1 rings (SSSR count). The van der Waals surface area contributed by atoms with Gasteiger partial charge in [-0.2, -0.15) is 0 Å². The summed E-state index contributed by atoms with van der Waals surface area (Å²) in [4.78, 5) is 16.4. The summed E-state index contributed by atoms with van der Waals surface area (Å²) < 4.78 is 0. The summed E-state index contributed by atoms with van der Waals surface area (Å²) in [6.45, 7) is 6.17. The summed E-state index contributed by atoms with van der Waals surface area (Å²) in [6.07, 6.45) is 2.58. The highest BCUT2D eigenvalue weighted by atomic mass is 35.5. The number of hydrazine groups is 1. The minimum absolute atomic E-state index is 0.192. The fourth-order valence-corrected chi connectivity index (χ4v) is 2.19. The number of carbonyl (C=O) groups excluding carboxylic acids is 1. The molecule has 0 radical (unpaired) electrons. The van der Waals surface area contributed by atoms with Gasteiger partial charge in [-0.25, -0.2) is 10.8 Å². The van der Waals surface area contributed by atoms with Gasteiger partial charge in [0.25, 0.3) is 5.91 Å². The quantitative estimate of drug-likeness (QED) is 0.554. The third-order valence-electron chi connectivity index (χ3n) is 3.62. The molecule has 0 spiro atoms. The summed E-state index contributed by atoms with van der Waals surface area (Å²) >= 11 is 6.01. The lowest BCUT2D eigenvalue weighted by Gasteiger charge is -2.31. The number of hydrogen-bond donors (Lipinski definition) is 3. The number of aromatic nitrogens is 1. The van der Waals surface area contributed by atoms with Gasteiger partial charge in [0, 0.05) is 5.54 Å². The maximum Gasteiger partial charge on any atom is 0.271 e. The lowest BCUT2D eigenvalue weighted by molar-refractivity contribution is 0.0883. The van der Waals surface area contributed by atoms with Crippen LogP contribution in [0.1, 0.15) is 50.5 Å². The van der Waals surface area contributed by atoms with Gasteiger partial charge in [-0.15, -0.1) is 0 Å². The molecule has 1 aromatic rings. The first kappa shape index (κ1) is 15.7. The van der Waals surface area contributed by atoms with Crippen molar-refractivity contribution in [2.24, 2.45) is 5.84 Å². The first-order chi connectivity index (χ1) is 9.01. The molecule has 6 heteroatoms. The van der Waals surface area contributed by atoms with E-state index in [0.717, 1.165) is 19.3 Å². The topological polar surface area (TPSA) is 80.0 Å². The third-order valence-corrected chi connectivity index (χ3v) is 3.92. The molecule has 0 aromatic carbocycles. The minimum atomic E-state index is -0.271. The average Bonchev–Trinajstić information content (AvgIpc) is 2.45. The molecule has 1 amide bonds. The summed E-state index contributed by atoms with van der Waals surface area (Å²) in [7, 11) is 0. The van der Waals surface area contributed by atoms with Gasteiger partial charge in [-0.05, 0) is 31.4 Å². The van der Waals surface area contributed by atoms with Gasteiger partial charge in [0.05, 0.1) is 5.02 Å². The molecule has 4 N–H and O–H groups in total. The number of anilines is 1. The second-order valence-corrected chi connectivity index (χ2v) is 4.87. The Balaban J connectivity index is 3.00. The largest absolute Gasteiger partial charge is 0.345 e. The lowest BCUT2D eigenvalue weighted by atomic mass is 9.89. The van der Waals surface area contributed by atoms with Gasteiger partial charge < -0.3 is 10.7 Å². The molecular formula is C13H21ClN4O. The van der Waals surface area contributed by atoms with E-state index in [2.05, 4.69) is 36.5 Å². The Hall–Kier alpha value is -1.33. The Bertz CT molecular complexity index is 438. The summed E-state index contributed by atoms with van der Waals surface area (Å²) in [5.74, 6) is 5.42. The van der Waals surface area contributed by atoms with Crippen molar-refractivity contribution in [3.05, 3.63) is 22.8 Å². The van der Waals surface area contributed by atoms with Crippen LogP contribution in [0.2, 0.25) is 5.02 Å². The van der Waals surface area contributed by atoms with Crippen LogP contribution in [0.5, 0.6) is 0 Å². The maximum atomic E-state index is 12.3. The lowest BCUT2D eigenvalue weighted by Crippen LogP contribution is -2.47. The van der Waals surface area contributed by atoms with E-state index in [1.54, 1.807) is 12.1 Å². The van der Waals surface area contributed by atoms with Gasteiger partial charge in [-0.1, -0.05) is 32.4 Å². The zero-order valence-corrected chi connectivity index (χ0v) is 12.3. The molecule has 1 aromatic heterocycles. The van der Waals surface area contributed by atoms with Crippen molar-refractivity contribution >= 4 is 23.3 Å². The van der Waals surface area contributed by atoms with Gasteiger partial charge in [0.15, 0.2) is 0 Å². The van der Waals surface area contributed by atoms with E-state index in [1.165, 1.54) is 0 Å². The second kappa shape index (κ2) is 6.73. The predicted molar refractivity (Wildman–Crippen MR) is 78.1 cm³/mol. The van der Waals surface area contributed by atoms with E-state index in [4.69, 9.17) is 17.4 Å². The number of nitrogens with two attached hydrogens (primary N) is 1. The zero-order valence-electron chi connectivity index (χ0n) is 11.6. The molecule has 0 saturated carbocycles. The monoisotopic (exact) mass is 284 g/mol. The molecule has 0 atom stereocenters. The van der Waals surface area contributed by atoms with Crippen molar-refractivity contribution in [3.63, 3.8) is 0 Å². The zero-order chi connectivity index (χ0) is 14.5. The van der Waals surface area contributed by atoms with E-state index < -0.39 is 0 Å². The Labute approximate surface area is 118 Å². The molecule has 0 unspecified atom stereocenters. The van der Waals surface area contributed by atoms with Crippen LogP contribution in [0.15, 0.2) is 12.1 Å². The van der Waals surface area contributed by atoms with E-state index in [9.17, 15) is 4.79 Å². The first-order valence-corrected chi connectivity index (χ1v) is 6.85. The number of halogens is 1. The number of nitrogens with one attached hydrogen (secondary N) is 2. The molecule has 5 nitrogen and oxygen atoms in total. The van der Waals surface area contributed by atoms with Crippen LogP contribution in [0.25, 0.3) is 0 Å². The minimum Gasteiger partial charge on any atom is -0.345 e. The van der Waals surface area contributed by atoms with Gasteiger partial charge in [0.2, 0.25) is 0 Å². The van der Waals surface area contributed by atoms with Crippen molar-refractivity contribution in [1.82, 2.24) is 10.3 Å². The molecule has 0 bridgehead atoms. The van der Waals surface area contributed by atoms with Crippen LogP contribution in [0.4, 0.5) is 5.82 Å². The van der Waals surface area contributed by atoms with Crippen LogP contribution in [-0.4, -0.2) is 16.4 Å². The molecule has 19 heavy (non-hydrogen) atoms. The van der Waals surface area contributed by atoms with Crippen LogP contribution in [-0.2, 0) is 0 Å². The van der Waals surface area contributed by atoms with E-state index >= 15 is 0 Å². The highest BCUT2D eigenvalue weighted by molar-refractivity contribution is 6.33.